The van der Waals surface area contributed by atoms with Crippen LogP contribution >= 0.6 is 0 Å². The molecule has 0 fully saturated rings. The summed E-state index contributed by atoms with van der Waals surface area (Å²) in [6.45, 7) is 9.89. The van der Waals surface area contributed by atoms with Gasteiger partial charge in [0, 0.05) is 11.8 Å². The predicted molar refractivity (Wildman–Crippen MR) is 195 cm³/mol. The lowest BCUT2D eigenvalue weighted by atomic mass is 9.90. The summed E-state index contributed by atoms with van der Waals surface area (Å²) in [5.74, 6) is 0. The Balaban J connectivity index is 1.47. The van der Waals surface area contributed by atoms with E-state index in [1.54, 1.807) is 18.2 Å². The molecule has 256 valence electrons. The normalized spacial score (nSPS) is 13.5. The number of hydrogen-bond acceptors (Lipinski definition) is 1. The second-order valence-electron chi connectivity index (χ2n) is 12.3. The van der Waals surface area contributed by atoms with Crippen LogP contribution in [0.4, 0.5) is 26.3 Å². The third kappa shape index (κ3) is 7.88. The second-order valence-corrected chi connectivity index (χ2v) is 12.3. The number of nitrogens with zero attached hydrogens (tertiary/aromatic N) is 1. The minimum absolute atomic E-state index is 0.202. The molecule has 0 N–H and O–H groups in total. The molecule has 0 spiro atoms. The highest BCUT2D eigenvalue weighted by atomic mass is 19.4. The van der Waals surface area contributed by atoms with E-state index in [9.17, 15) is 26.3 Å². The molecule has 5 aromatic rings. The monoisotopic (exact) mass is 689 g/mol. The SMILES string of the molecule is C=CC(=C)c1cccc(-c2cc(-c3cccc(C4=C(CC)CC=C(C(F)(F)F)C=C4)c3)cc(-c3cccc(-c4ccc(C(F)(F)F)cn4)c3)c2)c1. The first-order valence-corrected chi connectivity index (χ1v) is 16.3. The lowest BCUT2D eigenvalue weighted by Gasteiger charge is -2.15. The van der Waals surface area contributed by atoms with Crippen molar-refractivity contribution in [3.63, 3.8) is 0 Å². The van der Waals surface area contributed by atoms with Crippen LogP contribution in [0, 0.1) is 0 Å². The average Bonchev–Trinajstić information content (AvgIpc) is 3.37. The Labute approximate surface area is 293 Å². The van der Waals surface area contributed by atoms with Gasteiger partial charge in [-0.1, -0.05) is 98.5 Å². The summed E-state index contributed by atoms with van der Waals surface area (Å²) < 4.78 is 80.4. The molecule has 1 aliphatic carbocycles. The zero-order valence-electron chi connectivity index (χ0n) is 27.7. The summed E-state index contributed by atoms with van der Waals surface area (Å²) in [5, 5.41) is 0. The van der Waals surface area contributed by atoms with E-state index in [1.807, 2.05) is 79.7 Å². The molecule has 1 aromatic heterocycles. The van der Waals surface area contributed by atoms with E-state index < -0.39 is 23.5 Å². The lowest BCUT2D eigenvalue weighted by Crippen LogP contribution is -2.09. The van der Waals surface area contributed by atoms with E-state index in [0.717, 1.165) is 79.6 Å². The quantitative estimate of drug-likeness (QED) is 0.117. The summed E-state index contributed by atoms with van der Waals surface area (Å²) in [6.07, 6.45) is -1.64. The number of alkyl halides is 6. The van der Waals surface area contributed by atoms with Crippen LogP contribution in [-0.2, 0) is 6.18 Å². The van der Waals surface area contributed by atoms with Gasteiger partial charge in [-0.25, -0.2) is 0 Å². The van der Waals surface area contributed by atoms with E-state index in [0.29, 0.717) is 17.7 Å². The van der Waals surface area contributed by atoms with Gasteiger partial charge in [0.1, 0.15) is 0 Å². The maximum absolute atomic E-state index is 13.6. The topological polar surface area (TPSA) is 12.9 Å². The summed E-state index contributed by atoms with van der Waals surface area (Å²) in [5.41, 5.74) is 9.03. The second kappa shape index (κ2) is 14.3. The van der Waals surface area contributed by atoms with E-state index in [-0.39, 0.29) is 6.42 Å². The van der Waals surface area contributed by atoms with Crippen LogP contribution in [0.1, 0.15) is 36.5 Å². The lowest BCUT2D eigenvalue weighted by molar-refractivity contribution is -0.137. The Bertz CT molecular complexity index is 2210. The molecule has 0 bridgehead atoms. The Morgan fingerprint density at radius 2 is 1.22 bits per heavy atom. The summed E-state index contributed by atoms with van der Waals surface area (Å²) in [4.78, 5) is 4.09. The van der Waals surface area contributed by atoms with Crippen LogP contribution in [0.3, 0.4) is 0 Å². The Morgan fingerprint density at radius 3 is 1.76 bits per heavy atom. The molecule has 1 nitrogen and oxygen atoms in total. The van der Waals surface area contributed by atoms with Gasteiger partial charge < -0.3 is 0 Å². The number of hydrogen-bond donors (Lipinski definition) is 0. The molecule has 0 atom stereocenters. The molecule has 0 unspecified atom stereocenters. The molecular formula is C44H33F6N. The first-order valence-electron chi connectivity index (χ1n) is 16.3. The molecule has 1 heterocycles. The van der Waals surface area contributed by atoms with Crippen molar-refractivity contribution in [3.05, 3.63) is 175 Å². The van der Waals surface area contributed by atoms with Crippen molar-refractivity contribution in [3.8, 4) is 44.6 Å². The van der Waals surface area contributed by atoms with Crippen molar-refractivity contribution >= 4 is 11.1 Å². The molecule has 0 saturated carbocycles. The van der Waals surface area contributed by atoms with Crippen molar-refractivity contribution in [1.29, 1.82) is 0 Å². The third-order valence-electron chi connectivity index (χ3n) is 8.97. The van der Waals surface area contributed by atoms with Crippen molar-refractivity contribution in [1.82, 2.24) is 4.98 Å². The number of allylic oxidation sites excluding steroid dienone is 8. The Morgan fingerprint density at radius 1 is 0.667 bits per heavy atom. The van der Waals surface area contributed by atoms with Crippen LogP contribution in [0.2, 0.25) is 0 Å². The van der Waals surface area contributed by atoms with Crippen LogP contribution in [-0.4, -0.2) is 11.2 Å². The van der Waals surface area contributed by atoms with Gasteiger partial charge in [-0.2, -0.15) is 26.3 Å². The molecule has 0 aliphatic heterocycles. The summed E-state index contributed by atoms with van der Waals surface area (Å²) in [7, 11) is 0. The molecule has 0 amide bonds. The largest absolute Gasteiger partial charge is 0.417 e. The van der Waals surface area contributed by atoms with E-state index >= 15 is 0 Å². The molecule has 4 aromatic carbocycles. The van der Waals surface area contributed by atoms with Crippen molar-refractivity contribution in [2.24, 2.45) is 0 Å². The molecule has 51 heavy (non-hydrogen) atoms. The molecule has 1 aliphatic rings. The zero-order chi connectivity index (χ0) is 36.3. The highest BCUT2D eigenvalue weighted by Gasteiger charge is 2.32. The first-order chi connectivity index (χ1) is 24.3. The van der Waals surface area contributed by atoms with Crippen LogP contribution in [0.15, 0.2) is 158 Å². The van der Waals surface area contributed by atoms with Gasteiger partial charge in [0.25, 0.3) is 0 Å². The number of rotatable bonds is 8. The minimum Gasteiger partial charge on any atom is -0.256 e. The standard InChI is InChI=1S/C44H33F6N/c1-4-28(3)30-9-6-10-31(21-30)36-24-37(32-11-7-13-34(22-32)41-19-17-39(43(45,46)47)16-15-29(41)5-2)26-38(25-36)33-12-8-14-35(23-33)42-20-18-40(27-51-42)44(48,49)50/h4,6-14,16-27H,1,3,5,15H2,2H3. The highest BCUT2D eigenvalue weighted by molar-refractivity contribution is 5.86. The third-order valence-corrected chi connectivity index (χ3v) is 8.97. The highest BCUT2D eigenvalue weighted by Crippen LogP contribution is 2.38. The number of halogens is 6. The fourth-order valence-electron chi connectivity index (χ4n) is 6.15. The fraction of sp³-hybridized carbons (Fsp3) is 0.114. The van der Waals surface area contributed by atoms with Gasteiger partial charge in [-0.15, -0.1) is 0 Å². The van der Waals surface area contributed by atoms with Gasteiger partial charge in [-0.05, 0) is 123 Å². The first kappa shape index (κ1) is 35.1. The number of benzene rings is 4. The predicted octanol–water partition coefficient (Wildman–Crippen LogP) is 13.6. The maximum atomic E-state index is 13.6. The van der Waals surface area contributed by atoms with Crippen molar-refractivity contribution in [2.75, 3.05) is 0 Å². The molecule has 0 saturated heterocycles. The van der Waals surface area contributed by atoms with Crippen LogP contribution in [0.5, 0.6) is 0 Å². The van der Waals surface area contributed by atoms with Gasteiger partial charge in [-0.3, -0.25) is 4.98 Å². The van der Waals surface area contributed by atoms with Gasteiger partial charge in [0.05, 0.1) is 16.8 Å². The molecular weight excluding hydrogens is 656 g/mol. The average molecular weight is 690 g/mol. The molecule has 7 heteroatoms. The maximum Gasteiger partial charge on any atom is 0.417 e. The fourth-order valence-corrected chi connectivity index (χ4v) is 6.15. The number of aromatic nitrogens is 1. The van der Waals surface area contributed by atoms with Crippen LogP contribution < -0.4 is 0 Å². The minimum atomic E-state index is -4.49. The Kier molecular flexibility index (Phi) is 9.84. The number of pyridine rings is 1. The van der Waals surface area contributed by atoms with E-state index in [4.69, 9.17) is 0 Å². The Hall–Kier alpha value is -5.69. The van der Waals surface area contributed by atoms with Crippen molar-refractivity contribution in [2.45, 2.75) is 32.1 Å². The smallest absolute Gasteiger partial charge is 0.256 e. The van der Waals surface area contributed by atoms with Crippen molar-refractivity contribution < 1.29 is 26.3 Å². The molecule has 0 radical (unpaired) electrons. The van der Waals surface area contributed by atoms with E-state index in [2.05, 4.69) is 30.3 Å². The van der Waals surface area contributed by atoms with Gasteiger partial charge in [0.2, 0.25) is 0 Å². The van der Waals surface area contributed by atoms with Gasteiger partial charge in [0.15, 0.2) is 0 Å². The summed E-state index contributed by atoms with van der Waals surface area (Å²) >= 11 is 0. The van der Waals surface area contributed by atoms with E-state index in [1.165, 1.54) is 12.1 Å². The summed E-state index contributed by atoms with van der Waals surface area (Å²) in [6, 6.07) is 31.7. The zero-order valence-corrected chi connectivity index (χ0v) is 27.7. The van der Waals surface area contributed by atoms with Gasteiger partial charge >= 0.3 is 12.4 Å². The van der Waals surface area contributed by atoms with Crippen LogP contribution in [0.25, 0.3) is 55.8 Å². The molecule has 6 rings (SSSR count).